The maximum absolute atomic E-state index is 9.99. The third kappa shape index (κ3) is 4.98. The summed E-state index contributed by atoms with van der Waals surface area (Å²) in [6, 6.07) is 3.72. The maximum atomic E-state index is 9.99. The highest BCUT2D eigenvalue weighted by atomic mass is 16.5. The molecule has 5 heterocycles. The van der Waals surface area contributed by atoms with Gasteiger partial charge in [-0.25, -0.2) is 0 Å². The molecule has 3 N–H and O–H groups in total. The maximum Gasteiger partial charge on any atom is 0.242 e. The van der Waals surface area contributed by atoms with Crippen LogP contribution >= 0.6 is 0 Å². The smallest absolute Gasteiger partial charge is 0.242 e. The monoisotopic (exact) mass is 531 g/mol. The summed E-state index contributed by atoms with van der Waals surface area (Å²) >= 11 is 0. The lowest BCUT2D eigenvalue weighted by Gasteiger charge is -2.26. The van der Waals surface area contributed by atoms with Gasteiger partial charge in [-0.15, -0.1) is 10.2 Å². The van der Waals surface area contributed by atoms with Crippen LogP contribution in [0, 0.1) is 25.2 Å². The van der Waals surface area contributed by atoms with Crippen molar-refractivity contribution in [3.05, 3.63) is 34.4 Å². The quantitative estimate of drug-likeness (QED) is 0.351. The van der Waals surface area contributed by atoms with Crippen LogP contribution in [-0.4, -0.2) is 77.6 Å². The Hall–Kier alpha value is -4.21. The van der Waals surface area contributed by atoms with Crippen LogP contribution in [0.4, 0.5) is 0 Å². The Bertz CT molecular complexity index is 1560. The summed E-state index contributed by atoms with van der Waals surface area (Å²) in [5, 5.41) is 39.9. The van der Waals surface area contributed by atoms with Gasteiger partial charge in [0, 0.05) is 24.2 Å². The van der Waals surface area contributed by atoms with Gasteiger partial charge in [0.25, 0.3) is 0 Å². The van der Waals surface area contributed by atoms with E-state index in [9.17, 15) is 10.4 Å². The topological polar surface area (TPSA) is 154 Å². The van der Waals surface area contributed by atoms with E-state index in [4.69, 9.17) is 14.5 Å². The van der Waals surface area contributed by atoms with E-state index >= 15 is 0 Å². The van der Waals surface area contributed by atoms with Crippen molar-refractivity contribution in [3.8, 4) is 29.1 Å². The molecule has 0 unspecified atom stereocenters. The predicted molar refractivity (Wildman–Crippen MR) is 146 cm³/mol. The van der Waals surface area contributed by atoms with Crippen molar-refractivity contribution in [2.45, 2.75) is 53.3 Å². The summed E-state index contributed by atoms with van der Waals surface area (Å²) < 4.78 is 13.9. The largest absolute Gasteiger partial charge is 0.472 e. The van der Waals surface area contributed by atoms with E-state index in [1.807, 2.05) is 52.0 Å². The fraction of sp³-hybridized carbons (Fsp3) is 0.444. The fourth-order valence-electron chi connectivity index (χ4n) is 4.95. The van der Waals surface area contributed by atoms with Crippen LogP contribution < -0.4 is 9.47 Å². The molecule has 0 spiro atoms. The molecule has 5 rings (SSSR count). The summed E-state index contributed by atoms with van der Waals surface area (Å²) in [6.07, 6.45) is 3.68. The summed E-state index contributed by atoms with van der Waals surface area (Å²) in [7, 11) is 0. The molecule has 0 aliphatic carbocycles. The summed E-state index contributed by atoms with van der Waals surface area (Å²) in [5.41, 5.74) is 6.37. The minimum atomic E-state index is -0.292. The number of H-pyrrole nitrogens is 2. The molecule has 4 aromatic rings. The van der Waals surface area contributed by atoms with Gasteiger partial charge in [0.05, 0.1) is 46.6 Å². The third-order valence-corrected chi connectivity index (χ3v) is 6.95. The molecule has 2 atom stereocenters. The number of hydrogen-bond acceptors (Lipinski definition) is 9. The van der Waals surface area contributed by atoms with Crippen LogP contribution in [0.5, 0.6) is 11.8 Å². The molecule has 1 aliphatic heterocycles. The number of rotatable bonds is 5. The molecular weight excluding hydrogens is 498 g/mol. The van der Waals surface area contributed by atoms with Gasteiger partial charge >= 0.3 is 0 Å². The highest BCUT2D eigenvalue weighted by Gasteiger charge is 2.25. The van der Waals surface area contributed by atoms with Gasteiger partial charge in [-0.2, -0.15) is 10.4 Å². The number of aromatic amines is 2. The van der Waals surface area contributed by atoms with E-state index in [1.54, 1.807) is 4.68 Å². The molecule has 12 heteroatoms. The van der Waals surface area contributed by atoms with Gasteiger partial charge in [0.1, 0.15) is 17.7 Å². The molecule has 12 nitrogen and oxygen atoms in total. The Labute approximate surface area is 226 Å². The minimum absolute atomic E-state index is 0.0946. The molecule has 0 aromatic carbocycles. The number of fused-ring (bicyclic) bond motifs is 4. The average molecular weight is 532 g/mol. The average Bonchev–Trinajstić information content (AvgIpc) is 3.60. The van der Waals surface area contributed by atoms with Crippen molar-refractivity contribution in [2.75, 3.05) is 26.3 Å². The molecule has 0 saturated carbocycles. The second-order valence-corrected chi connectivity index (χ2v) is 9.83. The fourth-order valence-corrected chi connectivity index (χ4v) is 4.95. The van der Waals surface area contributed by atoms with Gasteiger partial charge in [-0.1, -0.05) is 6.92 Å². The first-order valence-corrected chi connectivity index (χ1v) is 13.0. The van der Waals surface area contributed by atoms with Crippen LogP contribution in [0.15, 0.2) is 6.07 Å². The number of ether oxygens (including phenoxy) is 2. The van der Waals surface area contributed by atoms with Crippen molar-refractivity contribution in [2.24, 2.45) is 0 Å². The van der Waals surface area contributed by atoms with Gasteiger partial charge in [-0.3, -0.25) is 24.8 Å². The van der Waals surface area contributed by atoms with Gasteiger partial charge in [-0.05, 0) is 52.5 Å². The molecule has 4 aromatic heterocycles. The van der Waals surface area contributed by atoms with E-state index in [-0.39, 0.29) is 25.4 Å². The lowest BCUT2D eigenvalue weighted by atomic mass is 10.1. The van der Waals surface area contributed by atoms with Crippen molar-refractivity contribution < 1.29 is 14.6 Å². The lowest BCUT2D eigenvalue weighted by molar-refractivity contribution is 0.137. The van der Waals surface area contributed by atoms with Crippen molar-refractivity contribution in [1.82, 2.24) is 40.1 Å². The molecule has 0 amide bonds. The van der Waals surface area contributed by atoms with E-state index in [0.29, 0.717) is 24.8 Å². The van der Waals surface area contributed by atoms with Crippen LogP contribution in [0.2, 0.25) is 0 Å². The molecule has 0 saturated heterocycles. The Morgan fingerprint density at radius 3 is 2.85 bits per heavy atom. The number of pyridine rings is 1. The Morgan fingerprint density at radius 1 is 1.28 bits per heavy atom. The number of aliphatic hydroxyl groups excluding tert-OH is 1. The molecule has 39 heavy (non-hydrogen) atoms. The van der Waals surface area contributed by atoms with Crippen molar-refractivity contribution >= 4 is 23.1 Å². The number of likely N-dealkylation sites (N-methyl/N-ethyl adjacent to an activating group) is 1. The standard InChI is InChI=1S/C27H33N9O3/c1-6-35-12-16(3)39-27-24(17(4)30-33-27)22-11-20-21(31-32-25(20)18(5)29-22)8-7-19-23(13-35)36(15(2)14-37)34-26(19)38-10-9-28/h7-8,11,15-16,37H,6,10,12-14H2,1-5H3,(H,30,33)(H,31,32)/b8-7+/t15-,16-/m0/s1. The van der Waals surface area contributed by atoms with Gasteiger partial charge < -0.3 is 14.6 Å². The first-order valence-electron chi connectivity index (χ1n) is 13.0. The zero-order valence-electron chi connectivity index (χ0n) is 22.8. The van der Waals surface area contributed by atoms with Gasteiger partial charge in [0.15, 0.2) is 6.61 Å². The van der Waals surface area contributed by atoms with E-state index in [0.717, 1.165) is 57.0 Å². The van der Waals surface area contributed by atoms with Crippen LogP contribution in [0.25, 0.3) is 34.3 Å². The highest BCUT2D eigenvalue weighted by Crippen LogP contribution is 2.35. The highest BCUT2D eigenvalue weighted by molar-refractivity contribution is 5.93. The number of aromatic nitrogens is 7. The van der Waals surface area contributed by atoms with Crippen LogP contribution in [0.1, 0.15) is 55.2 Å². The first kappa shape index (κ1) is 26.4. The number of nitriles is 1. The summed E-state index contributed by atoms with van der Waals surface area (Å²) in [5.74, 6) is 0.843. The van der Waals surface area contributed by atoms with Gasteiger partial charge in [0.2, 0.25) is 11.8 Å². The van der Waals surface area contributed by atoms with E-state index in [2.05, 4.69) is 37.3 Å². The zero-order valence-corrected chi connectivity index (χ0v) is 22.8. The summed E-state index contributed by atoms with van der Waals surface area (Å²) in [6.45, 7) is 11.5. The lowest BCUT2D eigenvalue weighted by Crippen LogP contribution is -2.34. The number of hydrogen-bond donors (Lipinski definition) is 3. The van der Waals surface area contributed by atoms with Crippen molar-refractivity contribution in [3.63, 3.8) is 0 Å². The van der Waals surface area contributed by atoms with E-state index in [1.165, 1.54) is 0 Å². The Kier molecular flexibility index (Phi) is 7.36. The molecule has 204 valence electrons. The molecular formula is C27H33N9O3. The second-order valence-electron chi connectivity index (χ2n) is 9.83. The zero-order chi connectivity index (χ0) is 27.7. The third-order valence-electron chi connectivity index (χ3n) is 6.95. The molecule has 2 bridgehead atoms. The summed E-state index contributed by atoms with van der Waals surface area (Å²) in [4.78, 5) is 7.07. The predicted octanol–water partition coefficient (Wildman–Crippen LogP) is 3.39. The van der Waals surface area contributed by atoms with Crippen molar-refractivity contribution in [1.29, 1.82) is 5.26 Å². The minimum Gasteiger partial charge on any atom is -0.472 e. The number of aliphatic hydroxyl groups is 1. The van der Waals surface area contributed by atoms with Crippen LogP contribution in [-0.2, 0) is 6.54 Å². The van der Waals surface area contributed by atoms with Crippen LogP contribution in [0.3, 0.4) is 0 Å². The Morgan fingerprint density at radius 2 is 2.10 bits per heavy atom. The van der Waals surface area contributed by atoms with E-state index < -0.39 is 0 Å². The molecule has 0 fully saturated rings. The second kappa shape index (κ2) is 10.9. The first-order chi connectivity index (χ1) is 18.8. The Balaban J connectivity index is 1.74. The SMILES string of the molecule is CCN1Cc2c(c(OCC#N)nn2[C@@H](C)CO)/C=C/c2[nH]nc3c(C)nc(cc23)-c2c(n[nH]c2C)O[C@@H](C)C1. The number of nitrogens with one attached hydrogen (secondary N) is 2. The number of nitrogens with zero attached hydrogens (tertiary/aromatic N) is 7. The molecule has 0 radical (unpaired) electrons. The normalized spacial score (nSPS) is 17.5. The molecule has 1 aliphatic rings. The number of aryl methyl sites for hydroxylation is 2.